The number of nitro groups is 1. The minimum atomic E-state index is -4.81. The number of alkyl halides is 3. The number of ether oxygens (including phenoxy) is 2. The number of hydrogen-bond donors (Lipinski definition) is 1. The van der Waals surface area contributed by atoms with Gasteiger partial charge >= 0.3 is 18.0 Å². The average Bonchev–Trinajstić information content (AvgIpc) is 2.92. The second-order valence-corrected chi connectivity index (χ2v) is 5.42. The Balaban J connectivity index is 1.80. The second kappa shape index (κ2) is 6.98. The van der Waals surface area contributed by atoms with E-state index in [9.17, 15) is 28.1 Å². The van der Waals surface area contributed by atoms with Crippen molar-refractivity contribution in [2.24, 2.45) is 0 Å². The van der Waals surface area contributed by atoms with Gasteiger partial charge in [-0.3, -0.25) is 10.1 Å². The number of esters is 1. The van der Waals surface area contributed by atoms with Crippen LogP contribution in [-0.4, -0.2) is 17.3 Å². The lowest BCUT2D eigenvalue weighted by Crippen LogP contribution is -2.17. The molecular weight excluding hydrogens is 369 g/mol. The maximum Gasteiger partial charge on any atom is 0.573 e. The number of fused-ring (bicyclic) bond motifs is 1. The van der Waals surface area contributed by atoms with Crippen LogP contribution in [0.15, 0.2) is 60.4 Å². The Labute approximate surface area is 150 Å². The van der Waals surface area contributed by atoms with Gasteiger partial charge in [-0.1, -0.05) is 18.2 Å². The number of benzene rings is 2. The van der Waals surface area contributed by atoms with E-state index in [2.05, 4.69) is 10.1 Å². The molecule has 7 nitrogen and oxygen atoms in total. The molecule has 2 aromatic carbocycles. The Bertz CT molecular complexity index is 910. The Morgan fingerprint density at radius 2 is 1.85 bits per heavy atom. The lowest BCUT2D eigenvalue weighted by atomic mass is 10.0. The summed E-state index contributed by atoms with van der Waals surface area (Å²) in [5, 5.41) is 14.0. The van der Waals surface area contributed by atoms with E-state index in [1.807, 2.05) is 0 Å². The first kappa shape index (κ1) is 18.2. The highest BCUT2D eigenvalue weighted by Gasteiger charge is 2.39. The van der Waals surface area contributed by atoms with Crippen LogP contribution in [0.4, 0.5) is 18.9 Å². The Hall–Kier alpha value is -3.56. The predicted octanol–water partition coefficient (Wildman–Crippen LogP) is 4.03. The van der Waals surface area contributed by atoms with Gasteiger partial charge in [-0.2, -0.15) is 0 Å². The molecule has 0 saturated carbocycles. The van der Waals surface area contributed by atoms with Gasteiger partial charge in [0.15, 0.2) is 0 Å². The molecule has 0 saturated heterocycles. The van der Waals surface area contributed by atoms with Gasteiger partial charge in [0.1, 0.15) is 5.75 Å². The standard InChI is InChI=1S/C17H11F3N2O5/c18-17(19,20)27-11-7-5-10(6-8-11)21-9-14(22(24)25)15-12-3-1-2-4-13(12)16(23)26-15/h1-9,15,21H/b14-9-. The number of nitrogens with one attached hydrogen (secondary N) is 1. The van der Waals surface area contributed by atoms with Crippen molar-refractivity contribution < 1.29 is 32.4 Å². The maximum atomic E-state index is 12.1. The van der Waals surface area contributed by atoms with E-state index in [-0.39, 0.29) is 11.3 Å². The van der Waals surface area contributed by atoms with Crippen LogP contribution in [0.1, 0.15) is 22.0 Å². The predicted molar refractivity (Wildman–Crippen MR) is 86.4 cm³/mol. The van der Waals surface area contributed by atoms with E-state index in [4.69, 9.17) is 4.74 Å². The Kier molecular flexibility index (Phi) is 4.72. The molecule has 10 heteroatoms. The van der Waals surface area contributed by atoms with Crippen LogP contribution in [0.3, 0.4) is 0 Å². The van der Waals surface area contributed by atoms with Crippen molar-refractivity contribution in [1.82, 2.24) is 0 Å². The van der Waals surface area contributed by atoms with Crippen molar-refractivity contribution in [3.63, 3.8) is 0 Å². The van der Waals surface area contributed by atoms with Gasteiger partial charge < -0.3 is 14.8 Å². The summed E-state index contributed by atoms with van der Waals surface area (Å²) in [5.41, 5.74) is 0.454. The number of halogens is 3. The van der Waals surface area contributed by atoms with Crippen LogP contribution in [0.5, 0.6) is 5.75 Å². The van der Waals surface area contributed by atoms with Crippen molar-refractivity contribution in [2.75, 3.05) is 5.32 Å². The summed E-state index contributed by atoms with van der Waals surface area (Å²) in [4.78, 5) is 22.5. The maximum absolute atomic E-state index is 12.1. The fourth-order valence-corrected chi connectivity index (χ4v) is 2.50. The lowest BCUT2D eigenvalue weighted by molar-refractivity contribution is -0.436. The highest BCUT2D eigenvalue weighted by atomic mass is 19.4. The van der Waals surface area contributed by atoms with Crippen molar-refractivity contribution in [3.05, 3.63) is 81.7 Å². The van der Waals surface area contributed by atoms with Gasteiger partial charge in [-0.15, -0.1) is 13.2 Å². The number of anilines is 1. The molecule has 27 heavy (non-hydrogen) atoms. The van der Waals surface area contributed by atoms with Gasteiger partial charge in [-0.05, 0) is 30.3 Å². The molecule has 1 atom stereocenters. The van der Waals surface area contributed by atoms with E-state index in [0.29, 0.717) is 5.56 Å². The number of carbonyl (C=O) groups excluding carboxylic acids is 1. The number of cyclic esters (lactones) is 1. The van der Waals surface area contributed by atoms with Gasteiger partial charge in [0.2, 0.25) is 6.10 Å². The molecule has 0 amide bonds. The van der Waals surface area contributed by atoms with Crippen molar-refractivity contribution in [3.8, 4) is 5.75 Å². The van der Waals surface area contributed by atoms with Crippen LogP contribution in [0.25, 0.3) is 0 Å². The molecule has 1 N–H and O–H groups in total. The van der Waals surface area contributed by atoms with E-state index < -0.39 is 34.8 Å². The van der Waals surface area contributed by atoms with Crippen molar-refractivity contribution in [2.45, 2.75) is 12.5 Å². The molecule has 0 aromatic heterocycles. The SMILES string of the molecule is O=C1OC(/C(=C/Nc2ccc(OC(F)(F)F)cc2)[N+](=O)[O-])c2ccccc21. The molecule has 0 spiro atoms. The Morgan fingerprint density at radius 1 is 1.19 bits per heavy atom. The van der Waals surface area contributed by atoms with Crippen LogP contribution in [0, 0.1) is 10.1 Å². The van der Waals surface area contributed by atoms with Crippen molar-refractivity contribution >= 4 is 11.7 Å². The van der Waals surface area contributed by atoms with E-state index in [1.165, 1.54) is 18.2 Å². The third-order valence-corrected chi connectivity index (χ3v) is 3.64. The molecule has 0 aliphatic carbocycles. The lowest BCUT2D eigenvalue weighted by Gasteiger charge is -2.10. The fraction of sp³-hybridized carbons (Fsp3) is 0.118. The van der Waals surface area contributed by atoms with Crippen molar-refractivity contribution in [1.29, 1.82) is 0 Å². The molecule has 3 rings (SSSR count). The van der Waals surface area contributed by atoms with E-state index >= 15 is 0 Å². The molecule has 0 radical (unpaired) electrons. The molecule has 2 aromatic rings. The molecule has 1 heterocycles. The molecule has 0 fully saturated rings. The first-order valence-electron chi connectivity index (χ1n) is 7.51. The quantitative estimate of drug-likeness (QED) is 0.479. The smallest absolute Gasteiger partial charge is 0.442 e. The first-order valence-corrected chi connectivity index (χ1v) is 7.51. The zero-order chi connectivity index (χ0) is 19.6. The minimum absolute atomic E-state index is 0.240. The second-order valence-electron chi connectivity index (χ2n) is 5.42. The van der Waals surface area contributed by atoms with Crippen LogP contribution >= 0.6 is 0 Å². The minimum Gasteiger partial charge on any atom is -0.442 e. The normalized spacial score (nSPS) is 16.5. The zero-order valence-electron chi connectivity index (χ0n) is 13.4. The summed E-state index contributed by atoms with van der Waals surface area (Å²) < 4.78 is 45.3. The monoisotopic (exact) mass is 380 g/mol. The van der Waals surface area contributed by atoms with Gasteiger partial charge in [0, 0.05) is 11.3 Å². The highest BCUT2D eigenvalue weighted by Crippen LogP contribution is 2.36. The number of rotatable bonds is 5. The largest absolute Gasteiger partial charge is 0.573 e. The zero-order valence-corrected chi connectivity index (χ0v) is 13.4. The van der Waals surface area contributed by atoms with E-state index in [0.717, 1.165) is 18.3 Å². The molecule has 1 unspecified atom stereocenters. The molecule has 0 bridgehead atoms. The summed E-state index contributed by atoms with van der Waals surface area (Å²) in [5.74, 6) is -1.10. The summed E-state index contributed by atoms with van der Waals surface area (Å²) in [6, 6.07) is 10.9. The van der Waals surface area contributed by atoms with Gasteiger partial charge in [0.25, 0.3) is 0 Å². The fourth-order valence-electron chi connectivity index (χ4n) is 2.50. The first-order chi connectivity index (χ1) is 12.7. The summed E-state index contributed by atoms with van der Waals surface area (Å²) >= 11 is 0. The average molecular weight is 380 g/mol. The third-order valence-electron chi connectivity index (χ3n) is 3.64. The summed E-state index contributed by atoms with van der Waals surface area (Å²) in [6.45, 7) is 0. The van der Waals surface area contributed by atoms with Gasteiger partial charge in [0.05, 0.1) is 16.7 Å². The Morgan fingerprint density at radius 3 is 2.48 bits per heavy atom. The molecule has 1 aliphatic heterocycles. The van der Waals surface area contributed by atoms with Crippen LogP contribution in [0.2, 0.25) is 0 Å². The van der Waals surface area contributed by atoms with Gasteiger partial charge in [-0.25, -0.2) is 4.79 Å². The molecule has 140 valence electrons. The number of nitrogens with zero attached hydrogens (tertiary/aromatic N) is 1. The summed E-state index contributed by atoms with van der Waals surface area (Å²) in [6.07, 6.45) is -4.98. The molecular formula is C17H11F3N2O5. The highest BCUT2D eigenvalue weighted by molar-refractivity contribution is 5.94. The number of hydrogen-bond acceptors (Lipinski definition) is 6. The summed E-state index contributed by atoms with van der Waals surface area (Å²) in [7, 11) is 0. The topological polar surface area (TPSA) is 90.7 Å². The van der Waals surface area contributed by atoms with Crippen LogP contribution in [-0.2, 0) is 4.74 Å². The number of carbonyl (C=O) groups is 1. The molecule has 1 aliphatic rings. The third kappa shape index (κ3) is 4.17. The van der Waals surface area contributed by atoms with E-state index in [1.54, 1.807) is 18.2 Å². The van der Waals surface area contributed by atoms with Crippen LogP contribution < -0.4 is 10.1 Å².